The maximum absolute atomic E-state index is 12.3. The van der Waals surface area contributed by atoms with E-state index in [9.17, 15) is 4.79 Å². The predicted molar refractivity (Wildman–Crippen MR) is 95.3 cm³/mol. The summed E-state index contributed by atoms with van der Waals surface area (Å²) < 4.78 is 0. The molecule has 126 valence electrons. The standard InChI is InChI=1S/C20H25N3O/c1-16-4-2-3-5-19(16)15-23-12-8-18(9-13-23)20(24)22-14-17-6-10-21-11-7-17/h2-7,10-11,18H,8-9,12-15H2,1H3,(H,22,24). The molecule has 3 rings (SSSR count). The molecule has 0 saturated carbocycles. The lowest BCUT2D eigenvalue weighted by Crippen LogP contribution is -2.40. The molecule has 1 aliphatic heterocycles. The van der Waals surface area contributed by atoms with Gasteiger partial charge in [0.1, 0.15) is 0 Å². The zero-order valence-corrected chi connectivity index (χ0v) is 14.2. The molecule has 1 fully saturated rings. The SMILES string of the molecule is Cc1ccccc1CN1CCC(C(=O)NCc2ccncc2)CC1. The van der Waals surface area contributed by atoms with Crippen LogP contribution in [0.5, 0.6) is 0 Å². The summed E-state index contributed by atoms with van der Waals surface area (Å²) in [6.45, 7) is 5.71. The number of carbonyl (C=O) groups excluding carboxylic acids is 1. The second-order valence-electron chi connectivity index (χ2n) is 6.55. The van der Waals surface area contributed by atoms with E-state index in [4.69, 9.17) is 0 Å². The van der Waals surface area contributed by atoms with Crippen LogP contribution < -0.4 is 5.32 Å². The molecule has 4 nitrogen and oxygen atoms in total. The number of hydrogen-bond acceptors (Lipinski definition) is 3. The van der Waals surface area contributed by atoms with Gasteiger partial charge in [-0.05, 0) is 61.7 Å². The largest absolute Gasteiger partial charge is 0.352 e. The molecule has 0 radical (unpaired) electrons. The highest BCUT2D eigenvalue weighted by Crippen LogP contribution is 2.20. The minimum Gasteiger partial charge on any atom is -0.352 e. The molecule has 0 aliphatic carbocycles. The van der Waals surface area contributed by atoms with Crippen molar-refractivity contribution < 1.29 is 4.79 Å². The zero-order valence-electron chi connectivity index (χ0n) is 14.2. The number of nitrogens with zero attached hydrogens (tertiary/aromatic N) is 2. The number of aryl methyl sites for hydroxylation is 1. The highest BCUT2D eigenvalue weighted by Gasteiger charge is 2.24. The number of pyridine rings is 1. The van der Waals surface area contributed by atoms with E-state index in [0.29, 0.717) is 6.54 Å². The van der Waals surface area contributed by atoms with E-state index in [0.717, 1.165) is 38.0 Å². The number of carbonyl (C=O) groups is 1. The number of rotatable bonds is 5. The average molecular weight is 323 g/mol. The minimum atomic E-state index is 0.139. The summed E-state index contributed by atoms with van der Waals surface area (Å²) >= 11 is 0. The van der Waals surface area contributed by atoms with Crippen LogP contribution in [0.15, 0.2) is 48.8 Å². The third-order valence-corrected chi connectivity index (χ3v) is 4.83. The van der Waals surface area contributed by atoms with E-state index < -0.39 is 0 Å². The maximum Gasteiger partial charge on any atom is 0.223 e. The van der Waals surface area contributed by atoms with Crippen molar-refractivity contribution in [2.75, 3.05) is 13.1 Å². The third-order valence-electron chi connectivity index (χ3n) is 4.83. The zero-order chi connectivity index (χ0) is 16.8. The molecule has 1 saturated heterocycles. The molecular weight excluding hydrogens is 298 g/mol. The van der Waals surface area contributed by atoms with Gasteiger partial charge in [0.25, 0.3) is 0 Å². The van der Waals surface area contributed by atoms with E-state index >= 15 is 0 Å². The number of piperidine rings is 1. The quantitative estimate of drug-likeness (QED) is 0.920. The molecule has 1 aromatic heterocycles. The molecule has 4 heteroatoms. The lowest BCUT2D eigenvalue weighted by Gasteiger charge is -2.31. The van der Waals surface area contributed by atoms with Gasteiger partial charge in [0, 0.05) is 31.4 Å². The van der Waals surface area contributed by atoms with Crippen LogP contribution in [-0.2, 0) is 17.9 Å². The lowest BCUT2D eigenvalue weighted by atomic mass is 9.95. The summed E-state index contributed by atoms with van der Waals surface area (Å²) in [7, 11) is 0. The number of benzene rings is 1. The Hall–Kier alpha value is -2.20. The first-order chi connectivity index (χ1) is 11.7. The minimum absolute atomic E-state index is 0.139. The Labute approximate surface area is 143 Å². The summed E-state index contributed by atoms with van der Waals surface area (Å²) in [5.74, 6) is 0.322. The van der Waals surface area contributed by atoms with Crippen molar-refractivity contribution >= 4 is 5.91 Å². The van der Waals surface area contributed by atoms with Gasteiger partial charge in [-0.25, -0.2) is 0 Å². The van der Waals surface area contributed by atoms with Crippen LogP contribution in [0, 0.1) is 12.8 Å². The molecule has 2 heterocycles. The van der Waals surface area contributed by atoms with Crippen molar-refractivity contribution in [1.29, 1.82) is 0 Å². The van der Waals surface area contributed by atoms with Crippen LogP contribution in [0.1, 0.15) is 29.5 Å². The van der Waals surface area contributed by atoms with Gasteiger partial charge in [-0.3, -0.25) is 14.7 Å². The smallest absolute Gasteiger partial charge is 0.223 e. The Kier molecular flexibility index (Phi) is 5.59. The fourth-order valence-electron chi connectivity index (χ4n) is 3.22. The van der Waals surface area contributed by atoms with Crippen molar-refractivity contribution in [3.63, 3.8) is 0 Å². The summed E-state index contributed by atoms with van der Waals surface area (Å²) in [6, 6.07) is 12.4. The fraction of sp³-hybridized carbons (Fsp3) is 0.400. The molecule has 24 heavy (non-hydrogen) atoms. The van der Waals surface area contributed by atoms with Crippen molar-refractivity contribution in [1.82, 2.24) is 15.2 Å². The number of hydrogen-bond donors (Lipinski definition) is 1. The summed E-state index contributed by atoms with van der Waals surface area (Å²) in [4.78, 5) is 18.8. The monoisotopic (exact) mass is 323 g/mol. The number of amides is 1. The molecule has 1 aliphatic rings. The Morgan fingerprint density at radius 3 is 2.58 bits per heavy atom. The van der Waals surface area contributed by atoms with Crippen LogP contribution in [0.25, 0.3) is 0 Å². The molecule has 0 spiro atoms. The second-order valence-corrected chi connectivity index (χ2v) is 6.55. The molecule has 1 aromatic carbocycles. The summed E-state index contributed by atoms with van der Waals surface area (Å²) in [5.41, 5.74) is 3.82. The molecule has 0 atom stereocenters. The Balaban J connectivity index is 1.44. The Bertz CT molecular complexity index is 664. The van der Waals surface area contributed by atoms with E-state index in [2.05, 4.69) is 46.4 Å². The van der Waals surface area contributed by atoms with Crippen molar-refractivity contribution in [3.05, 3.63) is 65.5 Å². The van der Waals surface area contributed by atoms with Gasteiger partial charge in [-0.2, -0.15) is 0 Å². The first-order valence-electron chi connectivity index (χ1n) is 8.66. The normalized spacial score (nSPS) is 16.0. The molecule has 1 amide bonds. The number of likely N-dealkylation sites (tertiary alicyclic amines) is 1. The van der Waals surface area contributed by atoms with E-state index in [-0.39, 0.29) is 11.8 Å². The van der Waals surface area contributed by atoms with Crippen LogP contribution in [-0.4, -0.2) is 28.9 Å². The molecule has 1 N–H and O–H groups in total. The van der Waals surface area contributed by atoms with E-state index in [1.165, 1.54) is 11.1 Å². The van der Waals surface area contributed by atoms with Crippen LogP contribution in [0.4, 0.5) is 0 Å². The average Bonchev–Trinajstić information content (AvgIpc) is 2.63. The summed E-state index contributed by atoms with van der Waals surface area (Å²) in [5, 5.41) is 3.06. The Morgan fingerprint density at radius 2 is 1.88 bits per heavy atom. The maximum atomic E-state index is 12.3. The number of aromatic nitrogens is 1. The van der Waals surface area contributed by atoms with Crippen molar-refractivity contribution in [2.24, 2.45) is 5.92 Å². The van der Waals surface area contributed by atoms with Gasteiger partial charge in [0.2, 0.25) is 5.91 Å². The molecule has 0 bridgehead atoms. The predicted octanol–water partition coefficient (Wildman–Crippen LogP) is 2.92. The number of nitrogens with one attached hydrogen (secondary N) is 1. The van der Waals surface area contributed by atoms with Crippen molar-refractivity contribution in [2.45, 2.75) is 32.9 Å². The second kappa shape index (κ2) is 8.06. The molecule has 0 unspecified atom stereocenters. The topological polar surface area (TPSA) is 45.2 Å². The van der Waals surface area contributed by atoms with E-state index in [1.54, 1.807) is 12.4 Å². The lowest BCUT2D eigenvalue weighted by molar-refractivity contribution is -0.126. The molecule has 2 aromatic rings. The van der Waals surface area contributed by atoms with Gasteiger partial charge >= 0.3 is 0 Å². The van der Waals surface area contributed by atoms with Crippen molar-refractivity contribution in [3.8, 4) is 0 Å². The van der Waals surface area contributed by atoms with Crippen LogP contribution in [0.3, 0.4) is 0 Å². The van der Waals surface area contributed by atoms with Gasteiger partial charge in [-0.1, -0.05) is 24.3 Å². The van der Waals surface area contributed by atoms with Gasteiger partial charge in [0.05, 0.1) is 0 Å². The first-order valence-corrected chi connectivity index (χ1v) is 8.66. The van der Waals surface area contributed by atoms with Gasteiger partial charge in [-0.15, -0.1) is 0 Å². The fourth-order valence-corrected chi connectivity index (χ4v) is 3.22. The van der Waals surface area contributed by atoms with Crippen LogP contribution in [0.2, 0.25) is 0 Å². The highest BCUT2D eigenvalue weighted by atomic mass is 16.1. The first kappa shape index (κ1) is 16.7. The molecular formula is C20H25N3O. The Morgan fingerprint density at radius 1 is 1.17 bits per heavy atom. The van der Waals surface area contributed by atoms with Crippen LogP contribution >= 0.6 is 0 Å². The third kappa shape index (κ3) is 4.42. The van der Waals surface area contributed by atoms with E-state index in [1.807, 2.05) is 12.1 Å². The van der Waals surface area contributed by atoms with Gasteiger partial charge < -0.3 is 5.32 Å². The summed E-state index contributed by atoms with van der Waals surface area (Å²) in [6.07, 6.45) is 5.39. The van der Waals surface area contributed by atoms with Gasteiger partial charge in [0.15, 0.2) is 0 Å². The highest BCUT2D eigenvalue weighted by molar-refractivity contribution is 5.78.